The summed E-state index contributed by atoms with van der Waals surface area (Å²) < 4.78 is 0. The standard InChI is InChI=1S/C13H12N2.ClH/c1-2-4-13-10(3-1)5-6-11(13)7-12-8-14-9-15-12;/h1-4,7-9H,5-6H2,(H,14,15);1H/b11-7-;. The SMILES string of the molecule is C(=C1\CCc2ccccc21)/c1cnc[nH]1.Cl. The number of H-pyrrole nitrogens is 1. The first-order valence-electron chi connectivity index (χ1n) is 5.21. The molecule has 0 radical (unpaired) electrons. The number of rotatable bonds is 1. The lowest BCUT2D eigenvalue weighted by atomic mass is 10.1. The molecule has 1 aliphatic carbocycles. The van der Waals surface area contributed by atoms with Gasteiger partial charge in [-0.1, -0.05) is 24.3 Å². The van der Waals surface area contributed by atoms with Crippen molar-refractivity contribution in [1.29, 1.82) is 0 Å². The van der Waals surface area contributed by atoms with Gasteiger partial charge in [0.1, 0.15) is 0 Å². The van der Waals surface area contributed by atoms with E-state index in [9.17, 15) is 0 Å². The lowest BCUT2D eigenvalue weighted by Crippen LogP contribution is -1.79. The molecule has 0 amide bonds. The van der Waals surface area contributed by atoms with Crippen molar-refractivity contribution in [3.8, 4) is 0 Å². The molecule has 2 aromatic rings. The monoisotopic (exact) mass is 232 g/mol. The van der Waals surface area contributed by atoms with Crippen molar-refractivity contribution < 1.29 is 0 Å². The van der Waals surface area contributed by atoms with Crippen LogP contribution in [0.2, 0.25) is 0 Å². The first-order chi connectivity index (χ1) is 7.43. The van der Waals surface area contributed by atoms with E-state index >= 15 is 0 Å². The van der Waals surface area contributed by atoms with Crippen LogP contribution < -0.4 is 0 Å². The van der Waals surface area contributed by atoms with E-state index in [0.717, 1.165) is 18.5 Å². The van der Waals surface area contributed by atoms with Gasteiger partial charge in [-0.25, -0.2) is 4.98 Å². The van der Waals surface area contributed by atoms with Crippen LogP contribution in [0, 0.1) is 0 Å². The summed E-state index contributed by atoms with van der Waals surface area (Å²) in [5.74, 6) is 0. The molecule has 0 spiro atoms. The molecule has 0 atom stereocenters. The number of aromatic nitrogens is 2. The van der Waals surface area contributed by atoms with E-state index in [1.165, 1.54) is 16.7 Å². The molecule has 0 saturated heterocycles. The number of aryl methyl sites for hydroxylation is 1. The maximum atomic E-state index is 4.02. The van der Waals surface area contributed by atoms with Gasteiger partial charge in [-0.3, -0.25) is 0 Å². The van der Waals surface area contributed by atoms with E-state index in [2.05, 4.69) is 40.3 Å². The second-order valence-corrected chi connectivity index (χ2v) is 3.83. The van der Waals surface area contributed by atoms with Crippen LogP contribution in [0.15, 0.2) is 36.8 Å². The van der Waals surface area contributed by atoms with Crippen LogP contribution in [0.5, 0.6) is 0 Å². The van der Waals surface area contributed by atoms with Gasteiger partial charge in [0.2, 0.25) is 0 Å². The highest BCUT2D eigenvalue weighted by Crippen LogP contribution is 2.32. The summed E-state index contributed by atoms with van der Waals surface area (Å²) >= 11 is 0. The molecular weight excluding hydrogens is 220 g/mol. The van der Waals surface area contributed by atoms with Crippen LogP contribution in [0.4, 0.5) is 0 Å². The number of nitrogens with zero attached hydrogens (tertiary/aromatic N) is 1. The van der Waals surface area contributed by atoms with Crippen LogP contribution in [0.3, 0.4) is 0 Å². The van der Waals surface area contributed by atoms with Crippen molar-refractivity contribution in [2.45, 2.75) is 12.8 Å². The summed E-state index contributed by atoms with van der Waals surface area (Å²) in [5, 5.41) is 0. The third-order valence-electron chi connectivity index (χ3n) is 2.88. The summed E-state index contributed by atoms with van der Waals surface area (Å²) in [4.78, 5) is 7.13. The number of hydrogen-bond donors (Lipinski definition) is 1. The molecule has 1 aromatic carbocycles. The van der Waals surface area contributed by atoms with Crippen LogP contribution in [0.1, 0.15) is 23.2 Å². The van der Waals surface area contributed by atoms with Gasteiger partial charge in [0, 0.05) is 0 Å². The lowest BCUT2D eigenvalue weighted by Gasteiger charge is -1.99. The number of halogens is 1. The fourth-order valence-corrected chi connectivity index (χ4v) is 2.14. The van der Waals surface area contributed by atoms with Crippen molar-refractivity contribution >= 4 is 24.1 Å². The molecule has 1 aromatic heterocycles. The van der Waals surface area contributed by atoms with Crippen LogP contribution in [-0.4, -0.2) is 9.97 Å². The molecule has 0 saturated carbocycles. The van der Waals surface area contributed by atoms with Gasteiger partial charge >= 0.3 is 0 Å². The average molecular weight is 233 g/mol. The number of aromatic amines is 1. The summed E-state index contributed by atoms with van der Waals surface area (Å²) in [6.45, 7) is 0. The van der Waals surface area contributed by atoms with Gasteiger partial charge in [-0.05, 0) is 35.6 Å². The number of nitrogens with one attached hydrogen (secondary N) is 1. The highest BCUT2D eigenvalue weighted by molar-refractivity contribution is 5.85. The van der Waals surface area contributed by atoms with Gasteiger partial charge in [0.15, 0.2) is 0 Å². The fraction of sp³-hybridized carbons (Fsp3) is 0.154. The zero-order valence-electron chi connectivity index (χ0n) is 8.81. The Hall–Kier alpha value is -1.54. The number of benzene rings is 1. The first-order valence-corrected chi connectivity index (χ1v) is 5.21. The molecule has 1 N–H and O–H groups in total. The Kier molecular flexibility index (Phi) is 3.11. The van der Waals surface area contributed by atoms with Gasteiger partial charge in [0.25, 0.3) is 0 Å². The zero-order valence-corrected chi connectivity index (χ0v) is 9.63. The molecule has 0 unspecified atom stereocenters. The van der Waals surface area contributed by atoms with Crippen LogP contribution >= 0.6 is 12.4 Å². The number of fused-ring (bicyclic) bond motifs is 1. The largest absolute Gasteiger partial charge is 0.345 e. The number of allylic oxidation sites excluding steroid dienone is 1. The van der Waals surface area contributed by atoms with Crippen LogP contribution in [-0.2, 0) is 6.42 Å². The Morgan fingerprint density at radius 2 is 2.06 bits per heavy atom. The van der Waals surface area contributed by atoms with E-state index in [0.29, 0.717) is 0 Å². The minimum atomic E-state index is 0. The van der Waals surface area contributed by atoms with E-state index in [1.54, 1.807) is 6.33 Å². The lowest BCUT2D eigenvalue weighted by molar-refractivity contribution is 1.08. The Balaban J connectivity index is 0.000000963. The van der Waals surface area contributed by atoms with Crippen molar-refractivity contribution in [2.75, 3.05) is 0 Å². The van der Waals surface area contributed by atoms with Crippen LogP contribution in [0.25, 0.3) is 11.6 Å². The smallest absolute Gasteiger partial charge is 0.0924 e. The molecule has 3 heteroatoms. The number of imidazole rings is 1. The summed E-state index contributed by atoms with van der Waals surface area (Å²) in [6.07, 6.45) is 8.06. The third-order valence-corrected chi connectivity index (χ3v) is 2.88. The first kappa shape index (κ1) is 11.0. The quantitative estimate of drug-likeness (QED) is 0.803. The Morgan fingerprint density at radius 3 is 2.88 bits per heavy atom. The van der Waals surface area contributed by atoms with E-state index in [4.69, 9.17) is 0 Å². The second-order valence-electron chi connectivity index (χ2n) is 3.83. The summed E-state index contributed by atoms with van der Waals surface area (Å²) in [5.41, 5.74) is 5.35. The molecule has 16 heavy (non-hydrogen) atoms. The van der Waals surface area contributed by atoms with Gasteiger partial charge in [0.05, 0.1) is 18.2 Å². The molecule has 2 nitrogen and oxygen atoms in total. The molecule has 1 aliphatic rings. The average Bonchev–Trinajstić information content (AvgIpc) is 2.89. The van der Waals surface area contributed by atoms with E-state index in [1.807, 2.05) is 6.20 Å². The Morgan fingerprint density at radius 1 is 1.19 bits per heavy atom. The van der Waals surface area contributed by atoms with Crippen molar-refractivity contribution in [1.82, 2.24) is 9.97 Å². The molecule has 82 valence electrons. The summed E-state index contributed by atoms with van der Waals surface area (Å²) in [6, 6.07) is 8.62. The van der Waals surface area contributed by atoms with Gasteiger partial charge < -0.3 is 4.98 Å². The highest BCUT2D eigenvalue weighted by Gasteiger charge is 2.14. The van der Waals surface area contributed by atoms with Crippen molar-refractivity contribution in [3.05, 3.63) is 53.6 Å². The molecule has 0 fully saturated rings. The van der Waals surface area contributed by atoms with Gasteiger partial charge in [-0.15, -0.1) is 12.4 Å². The molecule has 0 aliphatic heterocycles. The minimum absolute atomic E-state index is 0. The fourth-order valence-electron chi connectivity index (χ4n) is 2.14. The molecule has 0 bridgehead atoms. The van der Waals surface area contributed by atoms with Crippen molar-refractivity contribution in [3.63, 3.8) is 0 Å². The molecule has 1 heterocycles. The zero-order chi connectivity index (χ0) is 10.1. The third kappa shape index (κ3) is 1.89. The summed E-state index contributed by atoms with van der Waals surface area (Å²) in [7, 11) is 0. The van der Waals surface area contributed by atoms with Crippen molar-refractivity contribution in [2.24, 2.45) is 0 Å². The highest BCUT2D eigenvalue weighted by atomic mass is 35.5. The van der Waals surface area contributed by atoms with Gasteiger partial charge in [-0.2, -0.15) is 0 Å². The Bertz CT molecular complexity index is 500. The van der Waals surface area contributed by atoms with E-state index < -0.39 is 0 Å². The second kappa shape index (κ2) is 4.54. The molecule has 3 rings (SSSR count). The maximum absolute atomic E-state index is 4.02. The number of hydrogen-bond acceptors (Lipinski definition) is 1. The topological polar surface area (TPSA) is 28.7 Å². The predicted octanol–water partition coefficient (Wildman–Crippen LogP) is 3.32. The maximum Gasteiger partial charge on any atom is 0.0924 e. The normalized spacial score (nSPS) is 15.9. The molecular formula is C13H13ClN2. The Labute approximate surface area is 101 Å². The minimum Gasteiger partial charge on any atom is -0.345 e. The predicted molar refractivity (Wildman–Crippen MR) is 68.5 cm³/mol. The van der Waals surface area contributed by atoms with E-state index in [-0.39, 0.29) is 12.4 Å².